The number of nitro groups is 1. The first-order chi connectivity index (χ1) is 20.0. The molecule has 5 rings (SSSR count). The van der Waals surface area contributed by atoms with E-state index in [9.17, 15) is 32.9 Å². The number of rotatable bonds is 8. The van der Waals surface area contributed by atoms with Crippen molar-refractivity contribution in [2.24, 2.45) is 0 Å². The van der Waals surface area contributed by atoms with Crippen molar-refractivity contribution in [2.45, 2.75) is 31.2 Å². The molecule has 14 heteroatoms. The number of hydrogen-bond donors (Lipinski definition) is 1. The molecular weight excluding hydrogens is 573 g/mol. The van der Waals surface area contributed by atoms with E-state index in [0.717, 1.165) is 47.6 Å². The number of hydrogen-bond acceptors (Lipinski definition) is 7. The molecule has 0 saturated carbocycles. The summed E-state index contributed by atoms with van der Waals surface area (Å²) < 4.78 is 41.9. The second-order valence-electron chi connectivity index (χ2n) is 9.44. The highest BCUT2D eigenvalue weighted by atomic mass is 32.2. The molecule has 0 saturated heterocycles. The molecule has 2 amide bonds. The zero-order valence-corrected chi connectivity index (χ0v) is 22.9. The monoisotopic (exact) mass is 596 g/mol. The molecule has 10 nitrogen and oxygen atoms in total. The number of amides is 2. The van der Waals surface area contributed by atoms with Crippen LogP contribution in [0.25, 0.3) is 5.69 Å². The molecule has 0 radical (unpaired) electrons. The highest BCUT2D eigenvalue weighted by Crippen LogP contribution is 2.33. The first-order valence-corrected chi connectivity index (χ1v) is 13.7. The van der Waals surface area contributed by atoms with Crippen LogP contribution in [0.3, 0.4) is 0 Å². The summed E-state index contributed by atoms with van der Waals surface area (Å²) in [4.78, 5) is 38.2. The number of carbonyl (C=O) groups is 2. The SMILES string of the molecule is Cc1ccc(C(=O)NCc2nnc(SCC(=O)N3CCc4ccccc43)n2-c2cccc(C(F)(F)F)c2)cc1[N+](=O)[O-]. The maximum Gasteiger partial charge on any atom is 0.416 e. The molecule has 0 spiro atoms. The molecule has 4 aromatic rings. The van der Waals surface area contributed by atoms with Gasteiger partial charge in [0, 0.05) is 29.4 Å². The Morgan fingerprint density at radius 1 is 1.07 bits per heavy atom. The van der Waals surface area contributed by atoms with Crippen molar-refractivity contribution in [1.29, 1.82) is 0 Å². The van der Waals surface area contributed by atoms with Crippen molar-refractivity contribution in [3.8, 4) is 5.69 Å². The average molecular weight is 597 g/mol. The van der Waals surface area contributed by atoms with Crippen LogP contribution in [0.15, 0.2) is 71.9 Å². The average Bonchev–Trinajstić information content (AvgIpc) is 3.58. The first kappa shape index (κ1) is 28.8. The third kappa shape index (κ3) is 5.98. The molecule has 2 heterocycles. The van der Waals surface area contributed by atoms with Gasteiger partial charge in [-0.3, -0.25) is 24.3 Å². The van der Waals surface area contributed by atoms with Crippen LogP contribution in [-0.2, 0) is 23.9 Å². The third-order valence-electron chi connectivity index (χ3n) is 6.72. The lowest BCUT2D eigenvalue weighted by Crippen LogP contribution is -2.30. The minimum Gasteiger partial charge on any atom is -0.345 e. The Balaban J connectivity index is 1.40. The standard InChI is InChI=1S/C28H23F3N6O4S/c1-17-9-10-19(13-23(17)37(40)41)26(39)32-15-24-33-34-27(36(24)21-7-4-6-20(14-21)28(29,30)31)42-16-25(38)35-12-11-18-5-2-3-8-22(18)35/h2-10,13-14H,11-12,15-16H2,1H3,(H,32,39). The van der Waals surface area contributed by atoms with Gasteiger partial charge in [0.25, 0.3) is 11.6 Å². The fourth-order valence-electron chi connectivity index (χ4n) is 4.60. The predicted molar refractivity (Wildman–Crippen MR) is 149 cm³/mol. The van der Waals surface area contributed by atoms with Gasteiger partial charge in [0.1, 0.15) is 0 Å². The van der Waals surface area contributed by atoms with E-state index in [1.807, 2.05) is 24.3 Å². The molecule has 1 N–H and O–H groups in total. The van der Waals surface area contributed by atoms with Gasteiger partial charge < -0.3 is 10.2 Å². The van der Waals surface area contributed by atoms with E-state index in [4.69, 9.17) is 0 Å². The van der Waals surface area contributed by atoms with Gasteiger partial charge in [-0.25, -0.2) is 0 Å². The van der Waals surface area contributed by atoms with Crippen molar-refractivity contribution in [3.63, 3.8) is 0 Å². The summed E-state index contributed by atoms with van der Waals surface area (Å²) in [5.74, 6) is -0.788. The van der Waals surface area contributed by atoms with E-state index in [0.29, 0.717) is 12.1 Å². The number of thioether (sulfide) groups is 1. The molecule has 0 atom stereocenters. The quantitative estimate of drug-likeness (QED) is 0.170. The van der Waals surface area contributed by atoms with Gasteiger partial charge in [0.2, 0.25) is 5.91 Å². The van der Waals surface area contributed by atoms with Crippen LogP contribution in [-0.4, -0.2) is 43.8 Å². The summed E-state index contributed by atoms with van der Waals surface area (Å²) in [6.07, 6.45) is -3.88. The summed E-state index contributed by atoms with van der Waals surface area (Å²) in [6, 6.07) is 16.1. The Morgan fingerprint density at radius 2 is 1.86 bits per heavy atom. The van der Waals surface area contributed by atoms with Gasteiger partial charge in [-0.2, -0.15) is 13.2 Å². The third-order valence-corrected chi connectivity index (χ3v) is 7.63. The highest BCUT2D eigenvalue weighted by Gasteiger charge is 2.31. The number of aromatic nitrogens is 3. The van der Waals surface area contributed by atoms with Crippen LogP contribution >= 0.6 is 11.8 Å². The molecule has 1 aromatic heterocycles. The van der Waals surface area contributed by atoms with Crippen LogP contribution < -0.4 is 10.2 Å². The second-order valence-corrected chi connectivity index (χ2v) is 10.4. The lowest BCUT2D eigenvalue weighted by Gasteiger charge is -2.17. The topological polar surface area (TPSA) is 123 Å². The maximum atomic E-state index is 13.5. The first-order valence-electron chi connectivity index (χ1n) is 12.7. The zero-order valence-electron chi connectivity index (χ0n) is 22.1. The highest BCUT2D eigenvalue weighted by molar-refractivity contribution is 7.99. The molecule has 42 heavy (non-hydrogen) atoms. The van der Waals surface area contributed by atoms with Gasteiger partial charge in [0.15, 0.2) is 11.0 Å². The van der Waals surface area contributed by atoms with Crippen LogP contribution in [0.1, 0.15) is 32.9 Å². The van der Waals surface area contributed by atoms with Crippen molar-refractivity contribution in [3.05, 3.63) is 105 Å². The lowest BCUT2D eigenvalue weighted by molar-refractivity contribution is -0.385. The molecule has 0 aliphatic carbocycles. The van der Waals surface area contributed by atoms with Gasteiger partial charge >= 0.3 is 6.18 Å². The number of benzene rings is 3. The predicted octanol–water partition coefficient (Wildman–Crippen LogP) is 5.11. The van der Waals surface area contributed by atoms with E-state index >= 15 is 0 Å². The number of alkyl halides is 3. The number of anilines is 1. The number of aryl methyl sites for hydroxylation is 1. The van der Waals surface area contributed by atoms with E-state index < -0.39 is 22.6 Å². The van der Waals surface area contributed by atoms with Gasteiger partial charge in [0.05, 0.1) is 28.5 Å². The number of nitro benzene ring substituents is 1. The summed E-state index contributed by atoms with van der Waals surface area (Å²) >= 11 is 1.01. The van der Waals surface area contributed by atoms with E-state index in [2.05, 4.69) is 15.5 Å². The molecule has 216 valence electrons. The Kier molecular flexibility index (Phi) is 7.98. The largest absolute Gasteiger partial charge is 0.416 e. The summed E-state index contributed by atoms with van der Waals surface area (Å²) in [5.41, 5.74) is 1.27. The Hall–Kier alpha value is -4.72. The molecule has 3 aromatic carbocycles. The normalized spacial score (nSPS) is 12.7. The number of nitrogens with zero attached hydrogens (tertiary/aromatic N) is 5. The summed E-state index contributed by atoms with van der Waals surface area (Å²) in [6.45, 7) is 1.81. The number of halogens is 3. The molecule has 0 fully saturated rings. The summed E-state index contributed by atoms with van der Waals surface area (Å²) in [7, 11) is 0. The number of carbonyl (C=O) groups excluding carboxylic acids is 2. The molecular formula is C28H23F3N6O4S. The van der Waals surface area contributed by atoms with E-state index in [1.165, 1.54) is 28.8 Å². The van der Waals surface area contributed by atoms with Gasteiger partial charge in [-0.15, -0.1) is 10.2 Å². The van der Waals surface area contributed by atoms with Crippen molar-refractivity contribution in [2.75, 3.05) is 17.2 Å². The lowest BCUT2D eigenvalue weighted by atomic mass is 10.1. The zero-order chi connectivity index (χ0) is 30.0. The molecule has 1 aliphatic rings. The smallest absolute Gasteiger partial charge is 0.345 e. The maximum absolute atomic E-state index is 13.5. The van der Waals surface area contributed by atoms with Gasteiger partial charge in [-0.05, 0) is 49.2 Å². The van der Waals surface area contributed by atoms with Gasteiger partial charge in [-0.1, -0.05) is 42.1 Å². The number of nitrogens with one attached hydrogen (secondary N) is 1. The van der Waals surface area contributed by atoms with E-state index in [-0.39, 0.29) is 46.1 Å². The number of para-hydroxylation sites is 1. The Labute approximate surface area is 241 Å². The van der Waals surface area contributed by atoms with Crippen molar-refractivity contribution < 1.29 is 27.7 Å². The van der Waals surface area contributed by atoms with Crippen LogP contribution in [0.5, 0.6) is 0 Å². The summed E-state index contributed by atoms with van der Waals surface area (Å²) in [5, 5.41) is 22.2. The minimum atomic E-state index is -4.61. The fraction of sp³-hybridized carbons (Fsp3) is 0.214. The van der Waals surface area contributed by atoms with Crippen LogP contribution in [0.4, 0.5) is 24.5 Å². The van der Waals surface area contributed by atoms with Crippen molar-refractivity contribution in [1.82, 2.24) is 20.1 Å². The van der Waals surface area contributed by atoms with E-state index in [1.54, 1.807) is 11.8 Å². The van der Waals surface area contributed by atoms with Crippen molar-refractivity contribution >= 4 is 35.0 Å². The molecule has 1 aliphatic heterocycles. The molecule has 0 bridgehead atoms. The van der Waals surface area contributed by atoms with Crippen LogP contribution in [0.2, 0.25) is 0 Å². The second kappa shape index (κ2) is 11.6. The Bertz CT molecular complexity index is 1690. The van der Waals surface area contributed by atoms with Crippen LogP contribution in [0, 0.1) is 17.0 Å². The molecule has 0 unspecified atom stereocenters. The Morgan fingerprint density at radius 3 is 2.62 bits per heavy atom. The fourth-order valence-corrected chi connectivity index (χ4v) is 5.45. The minimum absolute atomic E-state index is 0.0310. The number of fused-ring (bicyclic) bond motifs is 1.